The first-order chi connectivity index (χ1) is 37.2. The minimum atomic E-state index is -0.569. The number of para-hydroxylation sites is 2. The highest BCUT2D eigenvalue weighted by Gasteiger charge is 2.46. The third-order valence-electron chi connectivity index (χ3n) is 15.5. The van der Waals surface area contributed by atoms with Gasteiger partial charge in [0.1, 0.15) is 0 Å². The summed E-state index contributed by atoms with van der Waals surface area (Å²) in [6, 6.07) is 111. The topological polar surface area (TPSA) is 8.17 Å². The number of rotatable bonds is 10. The minimum Gasteiger partial charge on any atom is -0.310 e. The van der Waals surface area contributed by atoms with Crippen molar-refractivity contribution in [2.75, 3.05) is 4.90 Å². The summed E-state index contributed by atoms with van der Waals surface area (Å²) in [6.45, 7) is 0. The van der Waals surface area contributed by atoms with Crippen molar-refractivity contribution in [3.63, 3.8) is 0 Å². The summed E-state index contributed by atoms with van der Waals surface area (Å²) in [5.74, 6) is 0. The predicted octanol–water partition coefficient (Wildman–Crippen LogP) is 19.3. The van der Waals surface area contributed by atoms with Crippen LogP contribution in [0.3, 0.4) is 0 Å². The quantitative estimate of drug-likeness (QED) is 0.133. The molecule has 12 aromatic carbocycles. The van der Waals surface area contributed by atoms with Crippen LogP contribution in [0.2, 0.25) is 0 Å². The number of fused-ring (bicyclic) bond motifs is 6. The molecule has 0 aliphatic heterocycles. The highest BCUT2D eigenvalue weighted by Crippen LogP contribution is 2.58. The second-order valence-corrected chi connectivity index (χ2v) is 19.5. The third-order valence-corrected chi connectivity index (χ3v) is 15.5. The minimum absolute atomic E-state index is 0.569. The fourth-order valence-corrected chi connectivity index (χ4v) is 12.2. The van der Waals surface area contributed by atoms with Crippen molar-refractivity contribution in [3.05, 3.63) is 326 Å². The van der Waals surface area contributed by atoms with Gasteiger partial charge >= 0.3 is 0 Å². The van der Waals surface area contributed by atoms with Gasteiger partial charge in [-0.1, -0.05) is 249 Å². The Hall–Kier alpha value is -9.76. The van der Waals surface area contributed by atoms with Gasteiger partial charge in [-0.2, -0.15) is 0 Å². The van der Waals surface area contributed by atoms with Gasteiger partial charge in [-0.05, 0) is 127 Å². The Morgan fingerprint density at radius 1 is 0.280 bits per heavy atom. The van der Waals surface area contributed by atoms with E-state index in [2.05, 4.69) is 313 Å². The van der Waals surface area contributed by atoms with E-state index in [9.17, 15) is 0 Å². The van der Waals surface area contributed by atoms with Gasteiger partial charge in [0.05, 0.1) is 22.1 Å². The Balaban J connectivity index is 0.985. The van der Waals surface area contributed by atoms with Gasteiger partial charge in [0.2, 0.25) is 0 Å². The zero-order valence-electron chi connectivity index (χ0n) is 41.3. The van der Waals surface area contributed by atoms with Crippen LogP contribution in [0.5, 0.6) is 0 Å². The first-order valence-electron chi connectivity index (χ1n) is 25.9. The fraction of sp³-hybridized carbons (Fsp3) is 0.0137. The fourth-order valence-electron chi connectivity index (χ4n) is 12.2. The van der Waals surface area contributed by atoms with E-state index in [0.717, 1.165) is 50.6 Å². The summed E-state index contributed by atoms with van der Waals surface area (Å²) in [5, 5.41) is 2.52. The number of benzene rings is 12. The third kappa shape index (κ3) is 7.25. The van der Waals surface area contributed by atoms with Crippen LogP contribution in [0.1, 0.15) is 22.3 Å². The van der Waals surface area contributed by atoms with Crippen molar-refractivity contribution >= 4 is 38.9 Å². The van der Waals surface area contributed by atoms with Crippen LogP contribution < -0.4 is 4.90 Å². The van der Waals surface area contributed by atoms with E-state index in [0.29, 0.717) is 0 Å². The smallest absolute Gasteiger partial charge is 0.0714 e. The molecular formula is C73H50N2. The molecule has 0 bridgehead atoms. The molecule has 14 rings (SSSR count). The first kappa shape index (κ1) is 44.0. The Bertz CT molecular complexity index is 4100. The molecule has 0 spiro atoms. The number of hydrogen-bond donors (Lipinski definition) is 0. The van der Waals surface area contributed by atoms with Crippen LogP contribution in [0.25, 0.3) is 83.1 Å². The zero-order valence-corrected chi connectivity index (χ0v) is 41.3. The lowest BCUT2D eigenvalue weighted by molar-refractivity contribution is 0.768. The van der Waals surface area contributed by atoms with Gasteiger partial charge < -0.3 is 9.47 Å². The SMILES string of the molecule is c1ccc(-c2ccccc2-c2c(-c3ccccc3)cccc2N(c2ccc(-c3ccc(-n4c5ccccc5c5ccccc54)cc3)cc2)c2ccc3c(c2)C(c2ccccc2)(c2ccccc2)c2ccccc2-3)cc1. The zero-order chi connectivity index (χ0) is 49.7. The summed E-state index contributed by atoms with van der Waals surface area (Å²) in [4.78, 5) is 2.50. The van der Waals surface area contributed by atoms with Crippen LogP contribution in [0.15, 0.2) is 303 Å². The summed E-state index contributed by atoms with van der Waals surface area (Å²) in [6.07, 6.45) is 0. The molecule has 75 heavy (non-hydrogen) atoms. The van der Waals surface area contributed by atoms with E-state index in [1.165, 1.54) is 71.9 Å². The molecule has 0 amide bonds. The molecule has 0 unspecified atom stereocenters. The highest BCUT2D eigenvalue weighted by atomic mass is 15.1. The molecule has 0 saturated carbocycles. The van der Waals surface area contributed by atoms with Crippen molar-refractivity contribution in [1.29, 1.82) is 0 Å². The Morgan fingerprint density at radius 2 is 0.733 bits per heavy atom. The maximum absolute atomic E-state index is 2.50. The van der Waals surface area contributed by atoms with E-state index < -0.39 is 5.41 Å². The normalized spacial score (nSPS) is 12.4. The second-order valence-electron chi connectivity index (χ2n) is 19.5. The number of anilines is 3. The largest absolute Gasteiger partial charge is 0.310 e. The highest BCUT2D eigenvalue weighted by molar-refractivity contribution is 6.09. The number of hydrogen-bond acceptors (Lipinski definition) is 1. The van der Waals surface area contributed by atoms with Crippen molar-refractivity contribution < 1.29 is 0 Å². The molecule has 2 heteroatoms. The van der Waals surface area contributed by atoms with E-state index >= 15 is 0 Å². The number of aromatic nitrogens is 1. The Kier molecular flexibility index (Phi) is 10.8. The Morgan fingerprint density at radius 3 is 1.35 bits per heavy atom. The molecule has 0 fully saturated rings. The van der Waals surface area contributed by atoms with Gasteiger partial charge in [-0.15, -0.1) is 0 Å². The molecular weight excluding hydrogens is 905 g/mol. The van der Waals surface area contributed by atoms with Crippen molar-refractivity contribution in [2.24, 2.45) is 0 Å². The summed E-state index contributed by atoms with van der Waals surface area (Å²) in [7, 11) is 0. The van der Waals surface area contributed by atoms with Gasteiger partial charge in [-0.25, -0.2) is 0 Å². The lowest BCUT2D eigenvalue weighted by Gasteiger charge is -2.35. The maximum atomic E-state index is 2.50. The molecule has 13 aromatic rings. The summed E-state index contributed by atoms with van der Waals surface area (Å²) < 4.78 is 2.38. The van der Waals surface area contributed by atoms with Crippen LogP contribution in [-0.4, -0.2) is 4.57 Å². The molecule has 1 aliphatic carbocycles. The maximum Gasteiger partial charge on any atom is 0.0714 e. The van der Waals surface area contributed by atoms with Crippen LogP contribution in [-0.2, 0) is 5.41 Å². The van der Waals surface area contributed by atoms with E-state index in [1.807, 2.05) is 0 Å². The molecule has 0 atom stereocenters. The average Bonchev–Trinajstić information content (AvgIpc) is 4.03. The second kappa shape index (κ2) is 18.4. The van der Waals surface area contributed by atoms with Gasteiger partial charge in [0, 0.05) is 33.4 Å². The molecule has 352 valence electrons. The van der Waals surface area contributed by atoms with E-state index in [1.54, 1.807) is 0 Å². The molecule has 1 aromatic heterocycles. The van der Waals surface area contributed by atoms with Crippen molar-refractivity contribution in [1.82, 2.24) is 4.57 Å². The van der Waals surface area contributed by atoms with Crippen LogP contribution >= 0.6 is 0 Å². The predicted molar refractivity (Wildman–Crippen MR) is 315 cm³/mol. The lowest BCUT2D eigenvalue weighted by atomic mass is 9.67. The monoisotopic (exact) mass is 954 g/mol. The molecule has 0 radical (unpaired) electrons. The van der Waals surface area contributed by atoms with Crippen molar-refractivity contribution in [3.8, 4) is 61.3 Å². The lowest BCUT2D eigenvalue weighted by Crippen LogP contribution is -2.28. The summed E-state index contributed by atoms with van der Waals surface area (Å²) >= 11 is 0. The number of nitrogens with zero attached hydrogens (tertiary/aromatic N) is 2. The van der Waals surface area contributed by atoms with Crippen molar-refractivity contribution in [2.45, 2.75) is 5.41 Å². The average molecular weight is 955 g/mol. The standard InChI is InChI=1S/C73H50N2/c1-5-22-53(23-6-1)60-30-13-14-34-66(60)72-61(54-24-7-2-8-25-54)35-21-39-71(72)74(57-44-40-51(41-45-57)52-42-46-58(47-43-52)75-69-37-19-16-32-64(69)65-33-17-20-38-70(65)75)59-48-49-63-62-31-15-18-36-67(62)73(68(63)50-59,55-26-9-3-10-27-55)56-28-11-4-12-29-56/h1-50H. The molecule has 1 heterocycles. The van der Waals surface area contributed by atoms with Crippen LogP contribution in [0, 0.1) is 0 Å². The Labute approximate surface area is 438 Å². The van der Waals surface area contributed by atoms with E-state index in [4.69, 9.17) is 0 Å². The molecule has 1 aliphatic rings. The van der Waals surface area contributed by atoms with E-state index in [-0.39, 0.29) is 0 Å². The summed E-state index contributed by atoms with van der Waals surface area (Å²) in [5.41, 5.74) is 23.1. The molecule has 0 N–H and O–H groups in total. The van der Waals surface area contributed by atoms with Crippen LogP contribution in [0.4, 0.5) is 17.1 Å². The molecule has 2 nitrogen and oxygen atoms in total. The van der Waals surface area contributed by atoms with Gasteiger partial charge in [0.25, 0.3) is 0 Å². The first-order valence-corrected chi connectivity index (χ1v) is 25.9. The van der Waals surface area contributed by atoms with Gasteiger partial charge in [0.15, 0.2) is 0 Å². The molecule has 0 saturated heterocycles. The van der Waals surface area contributed by atoms with Gasteiger partial charge in [-0.3, -0.25) is 0 Å².